The molecule has 1 heterocycles. The van der Waals surface area contributed by atoms with Gasteiger partial charge in [-0.05, 0) is 38.6 Å². The van der Waals surface area contributed by atoms with Crippen LogP contribution in [0.1, 0.15) is 40.0 Å². The topological polar surface area (TPSA) is 27.0 Å². The molecule has 0 N–H and O–H groups in total. The Labute approximate surface area is 87.9 Å². The first-order chi connectivity index (χ1) is 6.63. The van der Waals surface area contributed by atoms with Crippen LogP contribution in [0.3, 0.4) is 0 Å². The standard InChI is InChI=1S/C12H22N2/c1-10(2)7-11(3)14-6-4-5-12(8-13)9-14/h10-12H,4-7,9H2,1-3H3. The van der Waals surface area contributed by atoms with Crippen molar-refractivity contribution < 1.29 is 0 Å². The van der Waals surface area contributed by atoms with Gasteiger partial charge >= 0.3 is 0 Å². The molecule has 0 aliphatic carbocycles. The normalized spacial score (nSPS) is 26.1. The Kier molecular flexibility index (Phi) is 4.41. The summed E-state index contributed by atoms with van der Waals surface area (Å²) in [6.45, 7) is 9.00. The Morgan fingerprint density at radius 3 is 2.71 bits per heavy atom. The van der Waals surface area contributed by atoms with E-state index in [1.54, 1.807) is 0 Å². The molecular weight excluding hydrogens is 172 g/mol. The van der Waals surface area contributed by atoms with Crippen LogP contribution >= 0.6 is 0 Å². The second kappa shape index (κ2) is 5.36. The lowest BCUT2D eigenvalue weighted by molar-refractivity contribution is 0.136. The van der Waals surface area contributed by atoms with Crippen molar-refractivity contribution in [2.24, 2.45) is 11.8 Å². The van der Waals surface area contributed by atoms with Crippen molar-refractivity contribution in [1.29, 1.82) is 5.26 Å². The summed E-state index contributed by atoms with van der Waals surface area (Å²) in [5.41, 5.74) is 0. The van der Waals surface area contributed by atoms with Gasteiger partial charge in [-0.3, -0.25) is 4.90 Å². The third-order valence-corrected chi connectivity index (χ3v) is 3.07. The second-order valence-corrected chi connectivity index (χ2v) is 4.94. The van der Waals surface area contributed by atoms with E-state index in [0.717, 1.165) is 18.9 Å². The minimum atomic E-state index is 0.276. The summed E-state index contributed by atoms with van der Waals surface area (Å²) >= 11 is 0. The molecule has 2 unspecified atom stereocenters. The number of hydrogen-bond donors (Lipinski definition) is 0. The highest BCUT2D eigenvalue weighted by Crippen LogP contribution is 2.20. The fourth-order valence-corrected chi connectivity index (χ4v) is 2.34. The molecule has 80 valence electrons. The Morgan fingerprint density at radius 1 is 1.43 bits per heavy atom. The second-order valence-electron chi connectivity index (χ2n) is 4.94. The van der Waals surface area contributed by atoms with Gasteiger partial charge in [-0.2, -0.15) is 5.26 Å². The Balaban J connectivity index is 2.40. The fraction of sp³-hybridized carbons (Fsp3) is 0.917. The maximum atomic E-state index is 8.90. The Morgan fingerprint density at radius 2 is 2.14 bits per heavy atom. The molecule has 0 aromatic carbocycles. The van der Waals surface area contributed by atoms with E-state index < -0.39 is 0 Å². The Bertz CT molecular complexity index is 205. The molecule has 0 saturated carbocycles. The lowest BCUT2D eigenvalue weighted by atomic mass is 9.96. The van der Waals surface area contributed by atoms with Crippen LogP contribution in [-0.4, -0.2) is 24.0 Å². The maximum absolute atomic E-state index is 8.90. The zero-order valence-corrected chi connectivity index (χ0v) is 9.66. The van der Waals surface area contributed by atoms with Gasteiger partial charge in [0, 0.05) is 12.6 Å². The first-order valence-electron chi connectivity index (χ1n) is 5.77. The molecule has 0 aromatic rings. The average molecular weight is 194 g/mol. The van der Waals surface area contributed by atoms with Crippen molar-refractivity contribution in [3.05, 3.63) is 0 Å². The van der Waals surface area contributed by atoms with Crippen molar-refractivity contribution in [2.75, 3.05) is 13.1 Å². The first kappa shape index (κ1) is 11.5. The smallest absolute Gasteiger partial charge is 0.0669 e. The van der Waals surface area contributed by atoms with Crippen LogP contribution in [-0.2, 0) is 0 Å². The van der Waals surface area contributed by atoms with E-state index in [0.29, 0.717) is 6.04 Å². The lowest BCUT2D eigenvalue weighted by Gasteiger charge is -2.35. The van der Waals surface area contributed by atoms with Gasteiger partial charge < -0.3 is 0 Å². The predicted molar refractivity (Wildman–Crippen MR) is 58.8 cm³/mol. The molecule has 1 rings (SSSR count). The molecule has 0 amide bonds. The highest BCUT2D eigenvalue weighted by molar-refractivity contribution is 4.89. The number of nitrogens with zero attached hydrogens (tertiary/aromatic N) is 2. The summed E-state index contributed by atoms with van der Waals surface area (Å²) in [7, 11) is 0. The van der Waals surface area contributed by atoms with Gasteiger partial charge in [0.05, 0.1) is 12.0 Å². The van der Waals surface area contributed by atoms with E-state index in [2.05, 4.69) is 31.7 Å². The SMILES string of the molecule is CC(C)CC(C)N1CCCC(C#N)C1. The van der Waals surface area contributed by atoms with Gasteiger partial charge in [-0.1, -0.05) is 13.8 Å². The minimum Gasteiger partial charge on any atom is -0.299 e. The van der Waals surface area contributed by atoms with E-state index in [-0.39, 0.29) is 5.92 Å². The van der Waals surface area contributed by atoms with Crippen LogP contribution in [0.25, 0.3) is 0 Å². The first-order valence-corrected chi connectivity index (χ1v) is 5.77. The van der Waals surface area contributed by atoms with E-state index in [4.69, 9.17) is 5.26 Å². The molecule has 2 atom stereocenters. The average Bonchev–Trinajstić information content (AvgIpc) is 2.17. The van der Waals surface area contributed by atoms with E-state index in [1.807, 2.05) is 0 Å². The summed E-state index contributed by atoms with van der Waals surface area (Å²) < 4.78 is 0. The molecular formula is C12H22N2. The third-order valence-electron chi connectivity index (χ3n) is 3.07. The molecule has 0 bridgehead atoms. The van der Waals surface area contributed by atoms with Crippen LogP contribution in [0.2, 0.25) is 0 Å². The summed E-state index contributed by atoms with van der Waals surface area (Å²) in [4.78, 5) is 2.48. The highest BCUT2D eigenvalue weighted by atomic mass is 15.2. The quantitative estimate of drug-likeness (QED) is 0.690. The number of likely N-dealkylation sites (tertiary alicyclic amines) is 1. The van der Waals surface area contributed by atoms with Crippen molar-refractivity contribution in [3.8, 4) is 6.07 Å². The molecule has 2 nitrogen and oxygen atoms in total. The molecule has 14 heavy (non-hydrogen) atoms. The fourth-order valence-electron chi connectivity index (χ4n) is 2.34. The molecule has 0 aromatic heterocycles. The zero-order chi connectivity index (χ0) is 10.6. The van der Waals surface area contributed by atoms with Gasteiger partial charge in [0.25, 0.3) is 0 Å². The van der Waals surface area contributed by atoms with Crippen molar-refractivity contribution in [1.82, 2.24) is 4.90 Å². The minimum absolute atomic E-state index is 0.276. The number of rotatable bonds is 3. The van der Waals surface area contributed by atoms with Crippen molar-refractivity contribution in [2.45, 2.75) is 46.1 Å². The third kappa shape index (κ3) is 3.31. The van der Waals surface area contributed by atoms with Crippen LogP contribution < -0.4 is 0 Å². The molecule has 1 saturated heterocycles. The number of piperidine rings is 1. The zero-order valence-electron chi connectivity index (χ0n) is 9.66. The largest absolute Gasteiger partial charge is 0.299 e. The molecule has 0 radical (unpaired) electrons. The van der Waals surface area contributed by atoms with Crippen LogP contribution in [0.4, 0.5) is 0 Å². The van der Waals surface area contributed by atoms with Crippen LogP contribution in [0, 0.1) is 23.2 Å². The van der Waals surface area contributed by atoms with E-state index in [1.165, 1.54) is 19.4 Å². The van der Waals surface area contributed by atoms with Gasteiger partial charge in [-0.25, -0.2) is 0 Å². The molecule has 2 heteroatoms. The van der Waals surface area contributed by atoms with Crippen LogP contribution in [0.5, 0.6) is 0 Å². The summed E-state index contributed by atoms with van der Waals surface area (Å²) in [6, 6.07) is 3.04. The number of nitriles is 1. The monoisotopic (exact) mass is 194 g/mol. The van der Waals surface area contributed by atoms with Crippen LogP contribution in [0.15, 0.2) is 0 Å². The molecule has 1 fully saturated rings. The van der Waals surface area contributed by atoms with Gasteiger partial charge in [0.15, 0.2) is 0 Å². The van der Waals surface area contributed by atoms with Gasteiger partial charge in [0.1, 0.15) is 0 Å². The molecule has 0 spiro atoms. The number of hydrogen-bond acceptors (Lipinski definition) is 2. The predicted octanol–water partition coefficient (Wildman–Crippen LogP) is 2.66. The Hall–Kier alpha value is -0.550. The van der Waals surface area contributed by atoms with Crippen molar-refractivity contribution in [3.63, 3.8) is 0 Å². The van der Waals surface area contributed by atoms with Gasteiger partial charge in [-0.15, -0.1) is 0 Å². The summed E-state index contributed by atoms with van der Waals surface area (Å²) in [6.07, 6.45) is 3.54. The van der Waals surface area contributed by atoms with Crippen molar-refractivity contribution >= 4 is 0 Å². The molecule has 1 aliphatic rings. The molecule has 1 aliphatic heterocycles. The van der Waals surface area contributed by atoms with Gasteiger partial charge in [0.2, 0.25) is 0 Å². The van der Waals surface area contributed by atoms with E-state index >= 15 is 0 Å². The highest BCUT2D eigenvalue weighted by Gasteiger charge is 2.23. The maximum Gasteiger partial charge on any atom is 0.0669 e. The lowest BCUT2D eigenvalue weighted by Crippen LogP contribution is -2.41. The summed E-state index contributed by atoms with van der Waals surface area (Å²) in [5, 5.41) is 8.90. The summed E-state index contributed by atoms with van der Waals surface area (Å²) in [5.74, 6) is 1.03. The van der Waals surface area contributed by atoms with E-state index in [9.17, 15) is 0 Å².